The minimum Gasteiger partial charge on any atom is -0.123 e. The average molecular weight is 299 g/mol. The maximum absolute atomic E-state index is 2.14. The van der Waals surface area contributed by atoms with E-state index >= 15 is 0 Å². The number of rotatable bonds is 3. The molecule has 0 spiro atoms. The summed E-state index contributed by atoms with van der Waals surface area (Å²) in [4.78, 5) is 0. The van der Waals surface area contributed by atoms with E-state index in [1.165, 1.54) is 0 Å². The standard InChI is InChI=1S/C20H17N3/c1-4-10-18(11-5-1)21-16-22(19-12-6-2-7-13-19)23(17-21)20-14-8-3-9-15-20/h1-17H/q+2. The Morgan fingerprint density at radius 1 is 0.565 bits per heavy atom. The molecule has 110 valence electrons. The molecular formula is C20H17N3+2. The lowest BCUT2D eigenvalue weighted by molar-refractivity contribution is -0.733. The Balaban J connectivity index is 1.91. The number of benzene rings is 3. The van der Waals surface area contributed by atoms with Crippen LogP contribution < -0.4 is 9.25 Å². The summed E-state index contributed by atoms with van der Waals surface area (Å²) < 4.78 is 6.41. The molecule has 0 atom stereocenters. The molecule has 0 aliphatic rings. The van der Waals surface area contributed by atoms with Crippen LogP contribution in [0.5, 0.6) is 0 Å². The van der Waals surface area contributed by atoms with E-state index in [2.05, 4.69) is 99.4 Å². The Hall–Kier alpha value is -3.20. The highest BCUT2D eigenvalue weighted by molar-refractivity contribution is 5.29. The molecule has 0 fully saturated rings. The molecule has 23 heavy (non-hydrogen) atoms. The van der Waals surface area contributed by atoms with Gasteiger partial charge < -0.3 is 0 Å². The monoisotopic (exact) mass is 299 g/mol. The summed E-state index contributed by atoms with van der Waals surface area (Å²) in [5.41, 5.74) is 3.36. The second kappa shape index (κ2) is 5.89. The van der Waals surface area contributed by atoms with E-state index in [0.29, 0.717) is 0 Å². The van der Waals surface area contributed by atoms with Gasteiger partial charge in [0.05, 0.1) is 0 Å². The average Bonchev–Trinajstić information content (AvgIpc) is 3.09. The lowest BCUT2D eigenvalue weighted by atomic mass is 10.3. The van der Waals surface area contributed by atoms with Gasteiger partial charge in [-0.25, -0.2) is 0 Å². The number of para-hydroxylation sites is 3. The first-order valence-corrected chi connectivity index (χ1v) is 7.64. The second-order valence-electron chi connectivity index (χ2n) is 5.33. The molecule has 0 saturated heterocycles. The highest BCUT2D eigenvalue weighted by atomic mass is 15.5. The van der Waals surface area contributed by atoms with Crippen LogP contribution in [0, 0.1) is 0 Å². The number of aromatic nitrogens is 3. The van der Waals surface area contributed by atoms with Gasteiger partial charge in [-0.3, -0.25) is 0 Å². The van der Waals surface area contributed by atoms with E-state index in [1.807, 2.05) is 18.2 Å². The van der Waals surface area contributed by atoms with E-state index in [-0.39, 0.29) is 0 Å². The van der Waals surface area contributed by atoms with Crippen LogP contribution in [-0.4, -0.2) is 4.68 Å². The van der Waals surface area contributed by atoms with Gasteiger partial charge in [-0.2, -0.15) is 0 Å². The van der Waals surface area contributed by atoms with Crippen LogP contribution in [0.4, 0.5) is 0 Å². The lowest BCUT2D eigenvalue weighted by Gasteiger charge is -1.94. The molecule has 0 bridgehead atoms. The fourth-order valence-electron chi connectivity index (χ4n) is 2.65. The summed E-state index contributed by atoms with van der Waals surface area (Å²) in [5, 5.41) is 0. The van der Waals surface area contributed by atoms with Gasteiger partial charge in [-0.1, -0.05) is 54.6 Å². The van der Waals surface area contributed by atoms with Crippen LogP contribution in [0.2, 0.25) is 0 Å². The smallest absolute Gasteiger partial charge is 0.123 e. The Morgan fingerprint density at radius 3 is 1.70 bits per heavy atom. The highest BCUT2D eigenvalue weighted by Gasteiger charge is 2.25. The third kappa shape index (κ3) is 2.64. The van der Waals surface area contributed by atoms with Gasteiger partial charge >= 0.3 is 12.7 Å². The van der Waals surface area contributed by atoms with E-state index in [9.17, 15) is 0 Å². The molecule has 0 unspecified atom stereocenters. The third-order valence-electron chi connectivity index (χ3n) is 3.80. The first kappa shape index (κ1) is 13.5. The van der Waals surface area contributed by atoms with Gasteiger partial charge in [0.25, 0.3) is 0 Å². The van der Waals surface area contributed by atoms with Crippen LogP contribution >= 0.6 is 0 Å². The lowest BCUT2D eigenvalue weighted by Crippen LogP contribution is -2.40. The zero-order chi connectivity index (χ0) is 15.5. The summed E-state index contributed by atoms with van der Waals surface area (Å²) in [5.74, 6) is 0. The molecule has 1 heterocycles. The van der Waals surface area contributed by atoms with Gasteiger partial charge in [-0.05, 0) is 36.4 Å². The second-order valence-corrected chi connectivity index (χ2v) is 5.33. The molecule has 3 nitrogen and oxygen atoms in total. The fraction of sp³-hybridized carbons (Fsp3) is 0. The molecule has 0 amide bonds. The van der Waals surface area contributed by atoms with Gasteiger partial charge in [0, 0.05) is 9.36 Å². The van der Waals surface area contributed by atoms with Crippen molar-refractivity contribution < 1.29 is 9.25 Å². The Kier molecular flexibility index (Phi) is 3.45. The Labute approximate surface area is 135 Å². The molecule has 1 aromatic heterocycles. The van der Waals surface area contributed by atoms with Gasteiger partial charge in [0.1, 0.15) is 0 Å². The topological polar surface area (TPSA) is 12.7 Å². The van der Waals surface area contributed by atoms with Crippen molar-refractivity contribution in [2.24, 2.45) is 0 Å². The van der Waals surface area contributed by atoms with Crippen LogP contribution in [0.15, 0.2) is 104 Å². The first-order chi connectivity index (χ1) is 11.4. The van der Waals surface area contributed by atoms with Crippen molar-refractivity contribution in [1.82, 2.24) is 4.68 Å². The molecule has 0 radical (unpaired) electrons. The molecular weight excluding hydrogens is 282 g/mol. The van der Waals surface area contributed by atoms with Crippen LogP contribution in [0.3, 0.4) is 0 Å². The van der Waals surface area contributed by atoms with Crippen LogP contribution in [0.1, 0.15) is 0 Å². The molecule has 3 aromatic carbocycles. The Morgan fingerprint density at radius 2 is 1.09 bits per heavy atom. The third-order valence-corrected chi connectivity index (χ3v) is 3.80. The quantitative estimate of drug-likeness (QED) is 0.516. The van der Waals surface area contributed by atoms with Crippen molar-refractivity contribution in [1.29, 1.82) is 0 Å². The minimum atomic E-state index is 1.12. The predicted molar refractivity (Wildman–Crippen MR) is 88.8 cm³/mol. The molecule has 0 N–H and O–H groups in total. The van der Waals surface area contributed by atoms with Gasteiger partial charge in [0.2, 0.25) is 11.4 Å². The summed E-state index contributed by atoms with van der Waals surface area (Å²) in [6, 6.07) is 31.0. The minimum absolute atomic E-state index is 1.12. The normalized spacial score (nSPS) is 10.6. The van der Waals surface area contributed by atoms with Crippen molar-refractivity contribution >= 4 is 0 Å². The van der Waals surface area contributed by atoms with E-state index in [0.717, 1.165) is 17.1 Å². The van der Waals surface area contributed by atoms with Crippen molar-refractivity contribution in [2.45, 2.75) is 0 Å². The van der Waals surface area contributed by atoms with Crippen molar-refractivity contribution in [3.8, 4) is 17.1 Å². The highest BCUT2D eigenvalue weighted by Crippen LogP contribution is 2.06. The number of hydrogen-bond acceptors (Lipinski definition) is 0. The molecule has 4 aromatic rings. The molecule has 4 rings (SSSR count). The SMILES string of the molecule is c1ccc(-n2c[n+](-c3ccccc3)c[n+]2-c2ccccc2)cc1. The molecule has 0 aliphatic heterocycles. The van der Waals surface area contributed by atoms with Crippen molar-refractivity contribution in [2.75, 3.05) is 0 Å². The maximum atomic E-state index is 2.14. The van der Waals surface area contributed by atoms with E-state index in [4.69, 9.17) is 0 Å². The number of hydrogen-bond donors (Lipinski definition) is 0. The summed E-state index contributed by atoms with van der Waals surface area (Å²) >= 11 is 0. The van der Waals surface area contributed by atoms with Crippen molar-refractivity contribution in [3.63, 3.8) is 0 Å². The van der Waals surface area contributed by atoms with Crippen molar-refractivity contribution in [3.05, 3.63) is 104 Å². The summed E-state index contributed by atoms with van der Waals surface area (Å²) in [7, 11) is 0. The van der Waals surface area contributed by atoms with E-state index < -0.39 is 0 Å². The molecule has 3 heteroatoms. The fourth-order valence-corrected chi connectivity index (χ4v) is 2.65. The Bertz CT molecular complexity index is 841. The van der Waals surface area contributed by atoms with Crippen LogP contribution in [0.25, 0.3) is 17.1 Å². The van der Waals surface area contributed by atoms with Crippen LogP contribution in [-0.2, 0) is 0 Å². The summed E-state index contributed by atoms with van der Waals surface area (Å²) in [6.07, 6.45) is 4.19. The zero-order valence-electron chi connectivity index (χ0n) is 12.7. The largest absolute Gasteiger partial charge is 0.358 e. The summed E-state index contributed by atoms with van der Waals surface area (Å²) in [6.45, 7) is 0. The zero-order valence-corrected chi connectivity index (χ0v) is 12.7. The van der Waals surface area contributed by atoms with E-state index in [1.54, 1.807) is 0 Å². The number of nitrogens with zero attached hydrogens (tertiary/aromatic N) is 3. The van der Waals surface area contributed by atoms with Gasteiger partial charge in [-0.15, -0.1) is 4.57 Å². The predicted octanol–water partition coefficient (Wildman–Crippen LogP) is 3.03. The van der Waals surface area contributed by atoms with Gasteiger partial charge in [0.15, 0.2) is 5.69 Å². The first-order valence-electron chi connectivity index (χ1n) is 7.64. The molecule has 0 aliphatic carbocycles. The molecule has 0 saturated carbocycles. The maximum Gasteiger partial charge on any atom is 0.358 e.